The largest absolute Gasteiger partial charge is 0.351 e. The van der Waals surface area contributed by atoms with Gasteiger partial charge in [-0.2, -0.15) is 10.1 Å². The number of nitrogens with zero attached hydrogens (tertiary/aromatic N) is 5. The third-order valence-corrected chi connectivity index (χ3v) is 6.00. The Morgan fingerprint density at radius 3 is 2.59 bits per heavy atom. The fourth-order valence-electron chi connectivity index (χ4n) is 4.15. The van der Waals surface area contributed by atoms with Crippen LogP contribution in [0.25, 0.3) is 0 Å². The number of fused-ring (bicyclic) bond motifs is 1. The van der Waals surface area contributed by atoms with Crippen LogP contribution in [-0.2, 0) is 26.1 Å². The van der Waals surface area contributed by atoms with Crippen molar-refractivity contribution in [1.29, 1.82) is 0 Å². The Hall–Kier alpha value is -4.00. The summed E-state index contributed by atoms with van der Waals surface area (Å²) in [6, 6.07) is 18.5. The molecule has 0 aliphatic carbocycles. The zero-order valence-electron chi connectivity index (χ0n) is 19.5. The molecule has 0 amide bonds. The van der Waals surface area contributed by atoms with Gasteiger partial charge in [-0.05, 0) is 24.5 Å². The van der Waals surface area contributed by atoms with Crippen LogP contribution in [0.1, 0.15) is 41.2 Å². The van der Waals surface area contributed by atoms with E-state index in [2.05, 4.69) is 60.7 Å². The van der Waals surface area contributed by atoms with Crippen LogP contribution in [0.15, 0.2) is 76.8 Å². The second-order valence-electron chi connectivity index (χ2n) is 8.68. The number of hydrogen-bond donors (Lipinski definition) is 1. The van der Waals surface area contributed by atoms with Crippen molar-refractivity contribution in [2.75, 3.05) is 5.32 Å². The highest BCUT2D eigenvalue weighted by Crippen LogP contribution is 2.26. The van der Waals surface area contributed by atoms with Gasteiger partial charge in [-0.15, -0.1) is 0 Å². The van der Waals surface area contributed by atoms with E-state index >= 15 is 0 Å². The highest BCUT2D eigenvalue weighted by Gasteiger charge is 2.24. The van der Waals surface area contributed by atoms with Gasteiger partial charge in [0.05, 0.1) is 24.0 Å². The molecule has 2 aromatic heterocycles. The van der Waals surface area contributed by atoms with Crippen LogP contribution in [0.2, 0.25) is 0 Å². The minimum Gasteiger partial charge on any atom is -0.351 e. The van der Waals surface area contributed by atoms with Crippen molar-refractivity contribution in [3.63, 3.8) is 0 Å². The predicted molar refractivity (Wildman–Crippen MR) is 135 cm³/mol. The number of aliphatic imine (C=N–C) groups is 1. The Bertz CT molecular complexity index is 1380. The third kappa shape index (κ3) is 4.55. The molecule has 1 N–H and O–H groups in total. The van der Waals surface area contributed by atoms with E-state index in [9.17, 15) is 4.79 Å². The van der Waals surface area contributed by atoms with E-state index in [0.717, 1.165) is 23.3 Å². The first kappa shape index (κ1) is 21.8. The Morgan fingerprint density at radius 1 is 1.03 bits per heavy atom. The van der Waals surface area contributed by atoms with Crippen molar-refractivity contribution in [1.82, 2.24) is 19.3 Å². The number of benzene rings is 2. The van der Waals surface area contributed by atoms with Crippen LogP contribution in [0.5, 0.6) is 0 Å². The molecule has 0 unspecified atom stereocenters. The topological polar surface area (TPSA) is 77.1 Å². The summed E-state index contributed by atoms with van der Waals surface area (Å²) in [7, 11) is 0. The summed E-state index contributed by atoms with van der Waals surface area (Å²) in [5.74, 6) is 1.07. The van der Waals surface area contributed by atoms with Crippen LogP contribution >= 0.6 is 0 Å². The van der Waals surface area contributed by atoms with Gasteiger partial charge in [0.1, 0.15) is 0 Å². The minimum atomic E-state index is -0.0197. The van der Waals surface area contributed by atoms with Crippen LogP contribution in [0.4, 0.5) is 11.8 Å². The molecule has 34 heavy (non-hydrogen) atoms. The lowest BCUT2D eigenvalue weighted by Crippen LogP contribution is -2.27. The minimum absolute atomic E-state index is 0.0197. The number of aromatic nitrogens is 4. The van der Waals surface area contributed by atoms with Gasteiger partial charge >= 0.3 is 0 Å². The van der Waals surface area contributed by atoms with Gasteiger partial charge in [0.25, 0.3) is 5.56 Å². The van der Waals surface area contributed by atoms with Gasteiger partial charge in [-0.25, -0.2) is 4.99 Å². The van der Waals surface area contributed by atoms with Crippen molar-refractivity contribution < 1.29 is 0 Å². The fourth-order valence-corrected chi connectivity index (χ4v) is 4.15. The molecule has 1 aliphatic heterocycles. The number of aryl methyl sites for hydroxylation is 1. The van der Waals surface area contributed by atoms with Gasteiger partial charge in [0.2, 0.25) is 5.95 Å². The van der Waals surface area contributed by atoms with Crippen molar-refractivity contribution in [3.05, 3.63) is 105 Å². The number of rotatable bonds is 8. The number of hydrogen-bond acceptors (Lipinski definition) is 5. The molecular formula is C27H28N6O. The maximum absolute atomic E-state index is 13.3. The highest BCUT2D eigenvalue weighted by atomic mass is 16.1. The average Bonchev–Trinajstić information content (AvgIpc) is 3.49. The van der Waals surface area contributed by atoms with E-state index in [1.54, 1.807) is 4.57 Å². The van der Waals surface area contributed by atoms with Gasteiger partial charge in [0, 0.05) is 31.3 Å². The zero-order valence-corrected chi connectivity index (χ0v) is 19.5. The molecule has 7 nitrogen and oxygen atoms in total. The van der Waals surface area contributed by atoms with Crippen LogP contribution in [0, 0.1) is 6.92 Å². The third-order valence-electron chi connectivity index (χ3n) is 6.00. The molecule has 0 radical (unpaired) electrons. The quantitative estimate of drug-likeness (QED) is 0.427. The van der Waals surface area contributed by atoms with Crippen LogP contribution < -0.4 is 10.9 Å². The maximum atomic E-state index is 13.3. The fraction of sp³-hybridized carbons (Fsp3) is 0.259. The predicted octanol–water partition coefficient (Wildman–Crippen LogP) is 4.50. The monoisotopic (exact) mass is 452 g/mol. The summed E-state index contributed by atoms with van der Waals surface area (Å²) in [6.45, 7) is 6.03. The Kier molecular flexibility index (Phi) is 6.08. The van der Waals surface area contributed by atoms with E-state index in [1.165, 1.54) is 11.1 Å². The summed E-state index contributed by atoms with van der Waals surface area (Å²) in [5, 5.41) is 7.85. The van der Waals surface area contributed by atoms with Crippen molar-refractivity contribution in [2.45, 2.75) is 46.3 Å². The summed E-state index contributed by atoms with van der Waals surface area (Å²) >= 11 is 0. The molecule has 0 saturated heterocycles. The SMILES string of the molecule is CCCn1c(NCc2ccc(C)cc2)nc2c(c1=O)CC(c1cnn(Cc3ccccc3)c1)=N2. The summed E-state index contributed by atoms with van der Waals surface area (Å²) in [5.41, 5.74) is 5.92. The molecule has 4 aromatic rings. The summed E-state index contributed by atoms with van der Waals surface area (Å²) < 4.78 is 3.64. The molecule has 172 valence electrons. The van der Waals surface area contributed by atoms with Gasteiger partial charge < -0.3 is 5.32 Å². The van der Waals surface area contributed by atoms with E-state index in [-0.39, 0.29) is 5.56 Å². The molecule has 7 heteroatoms. The molecule has 0 spiro atoms. The van der Waals surface area contributed by atoms with E-state index in [4.69, 9.17) is 9.98 Å². The highest BCUT2D eigenvalue weighted by molar-refractivity contribution is 6.05. The van der Waals surface area contributed by atoms with Crippen LogP contribution in [0.3, 0.4) is 0 Å². The molecule has 2 aromatic carbocycles. The molecule has 0 fully saturated rings. The Balaban J connectivity index is 1.39. The van der Waals surface area contributed by atoms with Crippen molar-refractivity contribution >= 4 is 17.5 Å². The molecule has 3 heterocycles. The molecule has 0 saturated carbocycles. The van der Waals surface area contributed by atoms with Gasteiger partial charge in [-0.3, -0.25) is 14.0 Å². The molecule has 0 atom stereocenters. The van der Waals surface area contributed by atoms with Crippen molar-refractivity contribution in [3.8, 4) is 0 Å². The first-order chi connectivity index (χ1) is 16.6. The van der Waals surface area contributed by atoms with Crippen molar-refractivity contribution in [2.24, 2.45) is 4.99 Å². The van der Waals surface area contributed by atoms with E-state index < -0.39 is 0 Å². The smallest absolute Gasteiger partial charge is 0.260 e. The van der Waals surface area contributed by atoms with Crippen LogP contribution in [-0.4, -0.2) is 25.0 Å². The maximum Gasteiger partial charge on any atom is 0.260 e. The standard InChI is InChI=1S/C27H28N6O/c1-3-13-33-26(34)23-14-24(22-16-29-32(18-22)17-21-7-5-4-6-8-21)30-25(23)31-27(33)28-15-20-11-9-19(2)10-12-20/h4-12,16,18H,3,13-15,17H2,1-2H3,(H,28,31). The summed E-state index contributed by atoms with van der Waals surface area (Å²) in [6.07, 6.45) is 5.12. The zero-order chi connectivity index (χ0) is 23.5. The number of nitrogens with one attached hydrogen (secondary N) is 1. The molecule has 1 aliphatic rings. The lowest BCUT2D eigenvalue weighted by molar-refractivity contribution is 0.642. The first-order valence-corrected chi connectivity index (χ1v) is 11.7. The lowest BCUT2D eigenvalue weighted by Gasteiger charge is -2.14. The summed E-state index contributed by atoms with van der Waals surface area (Å²) in [4.78, 5) is 22.8. The first-order valence-electron chi connectivity index (χ1n) is 11.7. The Morgan fingerprint density at radius 2 is 1.82 bits per heavy atom. The molecule has 5 rings (SSSR count). The van der Waals surface area contributed by atoms with E-state index in [1.807, 2.05) is 35.3 Å². The number of anilines is 1. The molecule has 0 bridgehead atoms. The normalized spacial score (nSPS) is 12.5. The lowest BCUT2D eigenvalue weighted by atomic mass is 10.1. The van der Waals surface area contributed by atoms with Gasteiger partial charge in [0.15, 0.2) is 5.82 Å². The van der Waals surface area contributed by atoms with Gasteiger partial charge in [-0.1, -0.05) is 67.1 Å². The second kappa shape index (κ2) is 9.47. The molecular weight excluding hydrogens is 424 g/mol. The second-order valence-corrected chi connectivity index (χ2v) is 8.68. The average molecular weight is 453 g/mol. The Labute approximate surface area is 198 Å². The van der Waals surface area contributed by atoms with E-state index in [0.29, 0.717) is 43.4 Å².